The number of benzene rings is 1. The Morgan fingerprint density at radius 1 is 1.31 bits per heavy atom. The molecule has 0 atom stereocenters. The minimum atomic E-state index is -1.18. The van der Waals surface area contributed by atoms with Crippen LogP contribution in [0.1, 0.15) is 20.7 Å². The van der Waals surface area contributed by atoms with Crippen molar-refractivity contribution in [2.24, 2.45) is 0 Å². The van der Waals surface area contributed by atoms with Gasteiger partial charge in [0, 0.05) is 5.56 Å². The smallest absolute Gasteiger partial charge is 0.337 e. The topological polar surface area (TPSA) is 54.4 Å². The van der Waals surface area contributed by atoms with Gasteiger partial charge in [0.1, 0.15) is 0 Å². The van der Waals surface area contributed by atoms with Crippen molar-refractivity contribution in [3.63, 3.8) is 0 Å². The summed E-state index contributed by atoms with van der Waals surface area (Å²) >= 11 is 11.2. The Balaban J connectivity index is 3.36. The maximum Gasteiger partial charge on any atom is 0.337 e. The first-order valence-corrected chi connectivity index (χ1v) is 3.99. The van der Waals surface area contributed by atoms with Crippen LogP contribution in [-0.4, -0.2) is 17.4 Å². The van der Waals surface area contributed by atoms with Crippen molar-refractivity contribution in [1.29, 1.82) is 0 Å². The molecule has 0 aliphatic rings. The summed E-state index contributed by atoms with van der Waals surface area (Å²) in [5.74, 6) is -1.18. The van der Waals surface area contributed by atoms with Gasteiger partial charge in [-0.1, -0.05) is 23.2 Å². The van der Waals surface area contributed by atoms with E-state index in [4.69, 9.17) is 28.3 Å². The molecule has 0 radical (unpaired) electrons. The number of halogens is 2. The summed E-state index contributed by atoms with van der Waals surface area (Å²) in [7, 11) is 0. The van der Waals surface area contributed by atoms with Crippen LogP contribution in [0.2, 0.25) is 10.0 Å². The van der Waals surface area contributed by atoms with Crippen LogP contribution in [0.25, 0.3) is 0 Å². The molecule has 1 aromatic rings. The predicted octanol–water partition coefficient (Wildman–Crippen LogP) is 2.50. The van der Waals surface area contributed by atoms with E-state index >= 15 is 0 Å². The molecule has 0 unspecified atom stereocenters. The standard InChI is InChI=1S/C8H4Cl2O3/c9-6-2-5(8(12)13)7(10)1-4(6)3-11/h1-3H,(H,12,13). The molecule has 13 heavy (non-hydrogen) atoms. The van der Waals surface area contributed by atoms with Gasteiger partial charge in [-0.05, 0) is 12.1 Å². The number of carbonyl (C=O) groups is 2. The number of carboxylic acid groups (broad SMARTS) is 1. The van der Waals surface area contributed by atoms with E-state index in [-0.39, 0.29) is 21.2 Å². The summed E-state index contributed by atoms with van der Waals surface area (Å²) in [5, 5.41) is 8.70. The first kappa shape index (κ1) is 10.0. The molecule has 68 valence electrons. The predicted molar refractivity (Wildman–Crippen MR) is 48.8 cm³/mol. The third kappa shape index (κ3) is 1.99. The molecule has 0 fully saturated rings. The molecule has 5 heteroatoms. The SMILES string of the molecule is O=Cc1cc(Cl)c(C(=O)O)cc1Cl. The minimum Gasteiger partial charge on any atom is -0.478 e. The van der Waals surface area contributed by atoms with Crippen LogP contribution in [0, 0.1) is 0 Å². The van der Waals surface area contributed by atoms with E-state index in [0.29, 0.717) is 6.29 Å². The van der Waals surface area contributed by atoms with Gasteiger partial charge in [0.15, 0.2) is 6.29 Å². The second-order valence-corrected chi connectivity index (χ2v) is 3.09. The fraction of sp³-hybridized carbons (Fsp3) is 0. The van der Waals surface area contributed by atoms with E-state index in [2.05, 4.69) is 0 Å². The molecule has 1 aromatic carbocycles. The van der Waals surface area contributed by atoms with Crippen LogP contribution >= 0.6 is 23.2 Å². The lowest BCUT2D eigenvalue weighted by atomic mass is 10.1. The van der Waals surface area contributed by atoms with Crippen molar-refractivity contribution in [2.45, 2.75) is 0 Å². The quantitative estimate of drug-likeness (QED) is 0.777. The highest BCUT2D eigenvalue weighted by atomic mass is 35.5. The van der Waals surface area contributed by atoms with Crippen molar-refractivity contribution in [1.82, 2.24) is 0 Å². The number of carbonyl (C=O) groups excluding carboxylic acids is 1. The number of hydrogen-bond donors (Lipinski definition) is 1. The molecular formula is C8H4Cl2O3. The van der Waals surface area contributed by atoms with Crippen molar-refractivity contribution >= 4 is 35.5 Å². The molecule has 0 aromatic heterocycles. The molecule has 0 aliphatic carbocycles. The lowest BCUT2D eigenvalue weighted by molar-refractivity contribution is 0.0696. The number of rotatable bonds is 2. The zero-order valence-corrected chi connectivity index (χ0v) is 7.76. The number of carboxylic acids is 1. The summed E-state index contributed by atoms with van der Waals surface area (Å²) in [6.07, 6.45) is 0.514. The second-order valence-electron chi connectivity index (χ2n) is 2.28. The maximum absolute atomic E-state index is 10.5. The summed E-state index contributed by atoms with van der Waals surface area (Å²) < 4.78 is 0. The van der Waals surface area contributed by atoms with Crippen LogP contribution in [0.4, 0.5) is 0 Å². The van der Waals surface area contributed by atoms with E-state index in [1.807, 2.05) is 0 Å². The van der Waals surface area contributed by atoms with Gasteiger partial charge in [-0.2, -0.15) is 0 Å². The largest absolute Gasteiger partial charge is 0.478 e. The molecule has 0 bridgehead atoms. The van der Waals surface area contributed by atoms with Gasteiger partial charge in [0.2, 0.25) is 0 Å². The first-order valence-electron chi connectivity index (χ1n) is 3.23. The number of aromatic carboxylic acids is 1. The molecular weight excluding hydrogens is 215 g/mol. The van der Waals surface area contributed by atoms with Crippen LogP contribution in [-0.2, 0) is 0 Å². The van der Waals surface area contributed by atoms with E-state index in [1.165, 1.54) is 6.07 Å². The lowest BCUT2D eigenvalue weighted by Crippen LogP contribution is -1.98. The Hall–Kier alpha value is -1.06. The molecule has 0 spiro atoms. The monoisotopic (exact) mass is 218 g/mol. The van der Waals surface area contributed by atoms with Crippen LogP contribution < -0.4 is 0 Å². The Morgan fingerprint density at radius 2 is 1.92 bits per heavy atom. The van der Waals surface area contributed by atoms with Crippen molar-refractivity contribution in [3.8, 4) is 0 Å². The van der Waals surface area contributed by atoms with E-state index in [1.54, 1.807) is 0 Å². The highest BCUT2D eigenvalue weighted by molar-refractivity contribution is 6.37. The number of aldehydes is 1. The highest BCUT2D eigenvalue weighted by Gasteiger charge is 2.11. The maximum atomic E-state index is 10.5. The molecule has 0 saturated heterocycles. The van der Waals surface area contributed by atoms with Gasteiger partial charge >= 0.3 is 5.97 Å². The van der Waals surface area contributed by atoms with Gasteiger partial charge < -0.3 is 5.11 Å². The van der Waals surface area contributed by atoms with Gasteiger partial charge in [-0.25, -0.2) is 4.79 Å². The fourth-order valence-electron chi connectivity index (χ4n) is 0.816. The third-order valence-corrected chi connectivity index (χ3v) is 2.08. The Kier molecular flexibility index (Phi) is 2.90. The molecule has 0 amide bonds. The van der Waals surface area contributed by atoms with E-state index in [0.717, 1.165) is 6.07 Å². The van der Waals surface area contributed by atoms with Crippen molar-refractivity contribution in [3.05, 3.63) is 33.3 Å². The van der Waals surface area contributed by atoms with Crippen LogP contribution in [0.15, 0.2) is 12.1 Å². The second kappa shape index (κ2) is 3.77. The lowest BCUT2D eigenvalue weighted by Gasteiger charge is -2.01. The zero-order chi connectivity index (χ0) is 10.0. The van der Waals surface area contributed by atoms with Crippen molar-refractivity contribution in [2.75, 3.05) is 0 Å². The van der Waals surface area contributed by atoms with Gasteiger partial charge in [-0.3, -0.25) is 4.79 Å². The zero-order valence-electron chi connectivity index (χ0n) is 6.25. The summed E-state index contributed by atoms with van der Waals surface area (Å²) in [5.41, 5.74) is 0.0638. The van der Waals surface area contributed by atoms with Crippen LogP contribution in [0.3, 0.4) is 0 Å². The molecule has 0 aliphatic heterocycles. The summed E-state index contributed by atoms with van der Waals surface area (Å²) in [6.45, 7) is 0. The van der Waals surface area contributed by atoms with E-state index in [9.17, 15) is 9.59 Å². The average molecular weight is 219 g/mol. The Bertz CT molecular complexity index is 374. The Morgan fingerprint density at radius 3 is 2.38 bits per heavy atom. The average Bonchev–Trinajstić information content (AvgIpc) is 2.07. The fourth-order valence-corrected chi connectivity index (χ4v) is 1.28. The molecule has 3 nitrogen and oxygen atoms in total. The number of hydrogen-bond acceptors (Lipinski definition) is 2. The molecule has 0 heterocycles. The normalized spacial score (nSPS) is 9.69. The molecule has 0 saturated carbocycles. The van der Waals surface area contributed by atoms with E-state index < -0.39 is 5.97 Å². The minimum absolute atomic E-state index is 0.000926. The Labute approximate surface area is 83.9 Å². The third-order valence-electron chi connectivity index (χ3n) is 1.44. The van der Waals surface area contributed by atoms with Crippen molar-refractivity contribution < 1.29 is 14.7 Å². The van der Waals surface area contributed by atoms with Gasteiger partial charge in [-0.15, -0.1) is 0 Å². The van der Waals surface area contributed by atoms with Crippen LogP contribution in [0.5, 0.6) is 0 Å². The summed E-state index contributed by atoms with van der Waals surface area (Å²) in [4.78, 5) is 20.9. The van der Waals surface area contributed by atoms with Gasteiger partial charge in [0.05, 0.1) is 15.6 Å². The molecule has 1 rings (SSSR count). The summed E-state index contributed by atoms with van der Waals surface area (Å²) in [6, 6.07) is 2.37. The highest BCUT2D eigenvalue weighted by Crippen LogP contribution is 2.24. The molecule has 1 N–H and O–H groups in total. The van der Waals surface area contributed by atoms with Gasteiger partial charge in [0.25, 0.3) is 0 Å². The first-order chi connectivity index (χ1) is 6.06.